The summed E-state index contributed by atoms with van der Waals surface area (Å²) in [7, 11) is 3.09. The van der Waals surface area contributed by atoms with Gasteiger partial charge in [0, 0.05) is 12.4 Å². The van der Waals surface area contributed by atoms with Crippen LogP contribution in [0, 0.1) is 0 Å². The number of aromatic nitrogens is 1. The average molecular weight is 286 g/mol. The van der Waals surface area contributed by atoms with Gasteiger partial charge in [0.25, 0.3) is 5.91 Å². The molecule has 1 heterocycles. The van der Waals surface area contributed by atoms with Crippen molar-refractivity contribution in [1.82, 2.24) is 10.3 Å². The number of hydrogen-bond donors (Lipinski definition) is 1. The van der Waals surface area contributed by atoms with Crippen LogP contribution in [-0.4, -0.2) is 25.1 Å². The highest BCUT2D eigenvalue weighted by atomic mass is 16.5. The Kier molecular flexibility index (Phi) is 4.77. The number of methoxy groups -OCH3 is 2. The molecule has 0 aliphatic carbocycles. The van der Waals surface area contributed by atoms with Crippen LogP contribution in [-0.2, 0) is 0 Å². The van der Waals surface area contributed by atoms with E-state index in [1.54, 1.807) is 37.7 Å². The summed E-state index contributed by atoms with van der Waals surface area (Å²) < 4.78 is 10.4. The highest BCUT2D eigenvalue weighted by Crippen LogP contribution is 2.24. The van der Waals surface area contributed by atoms with E-state index in [2.05, 4.69) is 10.3 Å². The van der Waals surface area contributed by atoms with Gasteiger partial charge in [-0.2, -0.15) is 0 Å². The highest BCUT2D eigenvalue weighted by molar-refractivity contribution is 5.97. The topological polar surface area (TPSA) is 60.5 Å². The van der Waals surface area contributed by atoms with Gasteiger partial charge in [-0.3, -0.25) is 9.78 Å². The number of rotatable bonds is 5. The molecular formula is C16H18N2O3. The van der Waals surface area contributed by atoms with Crippen LogP contribution in [0.5, 0.6) is 11.5 Å². The maximum absolute atomic E-state index is 12.4. The van der Waals surface area contributed by atoms with Crippen molar-refractivity contribution in [2.24, 2.45) is 0 Å². The molecule has 1 aromatic heterocycles. The Morgan fingerprint density at radius 2 is 1.86 bits per heavy atom. The minimum atomic E-state index is -0.213. The molecule has 0 radical (unpaired) electrons. The van der Waals surface area contributed by atoms with Gasteiger partial charge in [-0.15, -0.1) is 0 Å². The van der Waals surface area contributed by atoms with Gasteiger partial charge in [0.2, 0.25) is 0 Å². The first-order valence-electron chi connectivity index (χ1n) is 6.58. The summed E-state index contributed by atoms with van der Waals surface area (Å²) in [5.41, 5.74) is 1.43. The predicted octanol–water partition coefficient (Wildman–Crippen LogP) is 2.59. The lowest BCUT2D eigenvalue weighted by Crippen LogP contribution is -2.27. The summed E-state index contributed by atoms with van der Waals surface area (Å²) in [5.74, 6) is 0.905. The second kappa shape index (κ2) is 6.74. The van der Waals surface area contributed by atoms with E-state index in [-0.39, 0.29) is 11.9 Å². The minimum Gasteiger partial charge on any atom is -0.497 e. The molecule has 110 valence electrons. The lowest BCUT2D eigenvalue weighted by Gasteiger charge is -2.16. The zero-order valence-corrected chi connectivity index (χ0v) is 12.3. The molecule has 0 aliphatic heterocycles. The van der Waals surface area contributed by atoms with Crippen LogP contribution in [0.4, 0.5) is 0 Å². The second-order valence-corrected chi connectivity index (χ2v) is 4.54. The largest absolute Gasteiger partial charge is 0.497 e. The number of ether oxygens (including phenoxy) is 2. The van der Waals surface area contributed by atoms with E-state index in [1.165, 1.54) is 7.11 Å². The van der Waals surface area contributed by atoms with Crippen LogP contribution in [0.15, 0.2) is 42.7 Å². The summed E-state index contributed by atoms with van der Waals surface area (Å²) in [4.78, 5) is 16.4. The maximum Gasteiger partial charge on any atom is 0.255 e. The van der Waals surface area contributed by atoms with Crippen molar-refractivity contribution >= 4 is 5.91 Å². The Bertz CT molecular complexity index is 614. The molecule has 0 aliphatic rings. The van der Waals surface area contributed by atoms with Gasteiger partial charge in [-0.25, -0.2) is 0 Å². The van der Waals surface area contributed by atoms with Crippen molar-refractivity contribution < 1.29 is 14.3 Å². The van der Waals surface area contributed by atoms with E-state index in [1.807, 2.05) is 19.1 Å². The molecular weight excluding hydrogens is 268 g/mol. The van der Waals surface area contributed by atoms with Crippen molar-refractivity contribution in [3.05, 3.63) is 53.9 Å². The quantitative estimate of drug-likeness (QED) is 0.917. The molecule has 1 N–H and O–H groups in total. The maximum atomic E-state index is 12.4. The molecule has 0 bridgehead atoms. The van der Waals surface area contributed by atoms with E-state index in [0.717, 1.165) is 5.56 Å². The fourth-order valence-electron chi connectivity index (χ4n) is 2.00. The number of carbonyl (C=O) groups excluding carboxylic acids is 1. The van der Waals surface area contributed by atoms with Gasteiger partial charge >= 0.3 is 0 Å². The minimum absolute atomic E-state index is 0.128. The zero-order chi connectivity index (χ0) is 15.2. The van der Waals surface area contributed by atoms with Gasteiger partial charge in [0.1, 0.15) is 11.5 Å². The Hall–Kier alpha value is -2.56. The third-order valence-corrected chi connectivity index (χ3v) is 3.20. The molecule has 5 nitrogen and oxygen atoms in total. The molecule has 0 fully saturated rings. The number of pyridine rings is 1. The number of benzene rings is 1. The molecule has 21 heavy (non-hydrogen) atoms. The van der Waals surface area contributed by atoms with Crippen molar-refractivity contribution in [2.45, 2.75) is 13.0 Å². The van der Waals surface area contributed by atoms with Crippen molar-refractivity contribution in [3.63, 3.8) is 0 Å². The lowest BCUT2D eigenvalue weighted by atomic mass is 10.1. The molecule has 2 aromatic rings. The molecule has 5 heteroatoms. The average Bonchev–Trinajstić information content (AvgIpc) is 2.54. The van der Waals surface area contributed by atoms with E-state index in [9.17, 15) is 4.79 Å². The van der Waals surface area contributed by atoms with Crippen LogP contribution in [0.25, 0.3) is 0 Å². The second-order valence-electron chi connectivity index (χ2n) is 4.54. The number of carbonyl (C=O) groups is 1. The van der Waals surface area contributed by atoms with Crippen molar-refractivity contribution in [2.75, 3.05) is 14.2 Å². The summed E-state index contributed by atoms with van der Waals surface area (Å²) in [6, 6.07) is 8.73. The van der Waals surface area contributed by atoms with E-state index >= 15 is 0 Å². The standard InChI is InChI=1S/C16H18N2O3/c1-11(12-6-8-17-9-7-12)18-16(19)14-10-13(20-2)4-5-15(14)21-3/h4-11H,1-3H3,(H,18,19)/t11-/m0/s1. The van der Waals surface area contributed by atoms with E-state index in [4.69, 9.17) is 9.47 Å². The molecule has 0 unspecified atom stereocenters. The SMILES string of the molecule is COc1ccc(OC)c(C(=O)N[C@@H](C)c2ccncc2)c1. The fourth-order valence-corrected chi connectivity index (χ4v) is 2.00. The van der Waals surface area contributed by atoms with Gasteiger partial charge in [0.05, 0.1) is 25.8 Å². The number of nitrogens with zero attached hydrogens (tertiary/aromatic N) is 1. The van der Waals surface area contributed by atoms with Crippen LogP contribution in [0.1, 0.15) is 28.9 Å². The Morgan fingerprint density at radius 1 is 1.14 bits per heavy atom. The van der Waals surface area contributed by atoms with Crippen LogP contribution in [0.2, 0.25) is 0 Å². The first kappa shape index (κ1) is 14.8. The summed E-state index contributed by atoms with van der Waals surface area (Å²) in [5, 5.41) is 2.94. The number of nitrogens with one attached hydrogen (secondary N) is 1. The molecule has 0 saturated heterocycles. The zero-order valence-electron chi connectivity index (χ0n) is 12.3. The summed E-state index contributed by atoms with van der Waals surface area (Å²) in [6.45, 7) is 1.92. The third-order valence-electron chi connectivity index (χ3n) is 3.20. The fraction of sp³-hybridized carbons (Fsp3) is 0.250. The van der Waals surface area contributed by atoms with Crippen LogP contribution >= 0.6 is 0 Å². The Balaban J connectivity index is 2.20. The number of amides is 1. The predicted molar refractivity (Wildman–Crippen MR) is 79.7 cm³/mol. The van der Waals surface area contributed by atoms with E-state index < -0.39 is 0 Å². The normalized spacial score (nSPS) is 11.6. The highest BCUT2D eigenvalue weighted by Gasteiger charge is 2.16. The van der Waals surface area contributed by atoms with Crippen LogP contribution in [0.3, 0.4) is 0 Å². The first-order valence-corrected chi connectivity index (χ1v) is 6.58. The van der Waals surface area contributed by atoms with Crippen LogP contribution < -0.4 is 14.8 Å². The molecule has 2 rings (SSSR count). The Labute approximate surface area is 123 Å². The summed E-state index contributed by atoms with van der Waals surface area (Å²) >= 11 is 0. The van der Waals surface area contributed by atoms with Gasteiger partial charge in [0.15, 0.2) is 0 Å². The molecule has 1 aromatic carbocycles. The Morgan fingerprint density at radius 3 is 2.48 bits per heavy atom. The molecule has 0 saturated carbocycles. The monoisotopic (exact) mass is 286 g/mol. The van der Waals surface area contributed by atoms with Gasteiger partial charge in [-0.05, 0) is 42.8 Å². The molecule has 1 amide bonds. The lowest BCUT2D eigenvalue weighted by molar-refractivity contribution is 0.0936. The van der Waals surface area contributed by atoms with Gasteiger partial charge < -0.3 is 14.8 Å². The third kappa shape index (κ3) is 3.51. The van der Waals surface area contributed by atoms with E-state index in [0.29, 0.717) is 17.1 Å². The smallest absolute Gasteiger partial charge is 0.255 e. The number of hydrogen-bond acceptors (Lipinski definition) is 4. The summed E-state index contributed by atoms with van der Waals surface area (Å²) in [6.07, 6.45) is 3.40. The first-order chi connectivity index (χ1) is 10.2. The van der Waals surface area contributed by atoms with Crippen molar-refractivity contribution in [1.29, 1.82) is 0 Å². The van der Waals surface area contributed by atoms with Gasteiger partial charge in [-0.1, -0.05) is 0 Å². The molecule has 1 atom stereocenters. The molecule has 0 spiro atoms. The van der Waals surface area contributed by atoms with Crippen molar-refractivity contribution in [3.8, 4) is 11.5 Å².